The molecule has 2 atom stereocenters. The van der Waals surface area contributed by atoms with Crippen LogP contribution in [0.1, 0.15) is 0 Å². The molecule has 1 amide bonds. The molecule has 0 spiro atoms. The first kappa shape index (κ1) is 8.33. The highest BCUT2D eigenvalue weighted by atomic mass is 32.2. The van der Waals surface area contributed by atoms with Crippen molar-refractivity contribution in [3.8, 4) is 0 Å². The van der Waals surface area contributed by atoms with Gasteiger partial charge in [-0.05, 0) is 5.53 Å². The second-order valence-electron chi connectivity index (χ2n) is 2.94. The van der Waals surface area contributed by atoms with Gasteiger partial charge in [0.25, 0.3) is 0 Å². The van der Waals surface area contributed by atoms with E-state index in [9.17, 15) is 13.2 Å². The minimum absolute atomic E-state index is 0.0269. The fourth-order valence-corrected chi connectivity index (χ4v) is 3.49. The van der Waals surface area contributed by atoms with Crippen molar-refractivity contribution < 1.29 is 13.2 Å². The third kappa shape index (κ3) is 0.925. The maximum atomic E-state index is 11.3. The highest BCUT2D eigenvalue weighted by molar-refractivity contribution is 7.92. The number of sulfone groups is 1. The zero-order chi connectivity index (χ0) is 9.64. The molecular weight excluding hydrogens is 196 g/mol. The summed E-state index contributed by atoms with van der Waals surface area (Å²) in [6, 6.07) is -1.03. The molecule has 0 N–H and O–H groups in total. The van der Waals surface area contributed by atoms with E-state index in [-0.39, 0.29) is 18.2 Å². The standard InChI is InChI=1S/C5H6N4O3S/c6-8-7-3-4(10)9-1-2-13(11,12)5(3)9/h3,5H,1-2H2/t3?,5-/m0/s1. The number of carbonyl (C=O) groups excluding carboxylic acids is 1. The van der Waals surface area contributed by atoms with Crippen LogP contribution in [0.15, 0.2) is 5.11 Å². The number of hydrogen-bond donors (Lipinski definition) is 0. The lowest BCUT2D eigenvalue weighted by Crippen LogP contribution is -2.62. The van der Waals surface area contributed by atoms with E-state index >= 15 is 0 Å². The molecule has 13 heavy (non-hydrogen) atoms. The van der Waals surface area contributed by atoms with Crippen molar-refractivity contribution in [1.82, 2.24) is 4.90 Å². The molecular formula is C5H6N4O3S. The van der Waals surface area contributed by atoms with Gasteiger partial charge in [-0.1, -0.05) is 5.11 Å². The van der Waals surface area contributed by atoms with Crippen LogP contribution in [0.5, 0.6) is 0 Å². The second-order valence-corrected chi connectivity index (χ2v) is 5.16. The predicted molar refractivity (Wildman–Crippen MR) is 42.2 cm³/mol. The number of azide groups is 1. The molecule has 2 saturated heterocycles. The molecule has 0 aromatic rings. The number of carbonyl (C=O) groups is 1. The van der Waals surface area contributed by atoms with Gasteiger partial charge in [0, 0.05) is 11.5 Å². The number of amides is 1. The largest absolute Gasteiger partial charge is 0.323 e. The summed E-state index contributed by atoms with van der Waals surface area (Å²) in [7, 11) is -3.25. The number of fused-ring (bicyclic) bond motifs is 1. The van der Waals surface area contributed by atoms with E-state index in [1.165, 1.54) is 4.90 Å². The second kappa shape index (κ2) is 2.36. The number of hydrogen-bond acceptors (Lipinski definition) is 4. The maximum Gasteiger partial charge on any atom is 0.235 e. The van der Waals surface area contributed by atoms with Crippen LogP contribution in [0.2, 0.25) is 0 Å². The van der Waals surface area contributed by atoms with E-state index in [0.29, 0.717) is 0 Å². The molecule has 1 unspecified atom stereocenters. The molecule has 2 aliphatic heterocycles. The molecule has 2 rings (SSSR count). The van der Waals surface area contributed by atoms with E-state index in [1.54, 1.807) is 0 Å². The molecule has 0 bridgehead atoms. The molecule has 0 saturated carbocycles. The van der Waals surface area contributed by atoms with Crippen LogP contribution in [0.4, 0.5) is 0 Å². The van der Waals surface area contributed by atoms with Crippen LogP contribution in [0.25, 0.3) is 10.4 Å². The third-order valence-corrected chi connectivity index (χ3v) is 4.27. The van der Waals surface area contributed by atoms with Gasteiger partial charge in [0.2, 0.25) is 5.91 Å². The Bertz CT molecular complexity index is 409. The van der Waals surface area contributed by atoms with Crippen LogP contribution in [-0.4, -0.2) is 42.9 Å². The molecule has 0 radical (unpaired) electrons. The average molecular weight is 202 g/mol. The summed E-state index contributed by atoms with van der Waals surface area (Å²) in [5, 5.41) is 2.27. The fourth-order valence-electron chi connectivity index (χ4n) is 1.64. The Hall–Kier alpha value is -1.27. The summed E-state index contributed by atoms with van der Waals surface area (Å²) in [6.45, 7) is 0.225. The zero-order valence-corrected chi connectivity index (χ0v) is 7.31. The van der Waals surface area contributed by atoms with Crippen LogP contribution in [0, 0.1) is 0 Å². The monoisotopic (exact) mass is 202 g/mol. The average Bonchev–Trinajstić information content (AvgIpc) is 2.34. The van der Waals surface area contributed by atoms with Crippen molar-refractivity contribution in [1.29, 1.82) is 0 Å². The van der Waals surface area contributed by atoms with Crippen LogP contribution >= 0.6 is 0 Å². The highest BCUT2D eigenvalue weighted by Crippen LogP contribution is 2.32. The molecule has 70 valence electrons. The van der Waals surface area contributed by atoms with Gasteiger partial charge < -0.3 is 4.90 Å². The van der Waals surface area contributed by atoms with Crippen molar-refractivity contribution >= 4 is 15.7 Å². The Labute approximate surface area is 73.9 Å². The molecule has 8 heteroatoms. The number of nitrogens with zero attached hydrogens (tertiary/aromatic N) is 4. The molecule has 0 aliphatic carbocycles. The van der Waals surface area contributed by atoms with E-state index in [0.717, 1.165) is 0 Å². The van der Waals surface area contributed by atoms with Crippen molar-refractivity contribution in [2.24, 2.45) is 5.11 Å². The Morgan fingerprint density at radius 1 is 1.62 bits per heavy atom. The molecule has 7 nitrogen and oxygen atoms in total. The first-order valence-corrected chi connectivity index (χ1v) is 5.36. The molecule has 2 aliphatic rings. The van der Waals surface area contributed by atoms with Gasteiger partial charge >= 0.3 is 0 Å². The van der Waals surface area contributed by atoms with E-state index in [1.807, 2.05) is 0 Å². The predicted octanol–water partition coefficient (Wildman–Crippen LogP) is -0.738. The van der Waals surface area contributed by atoms with Gasteiger partial charge in [0.05, 0.1) is 5.75 Å². The quantitative estimate of drug-likeness (QED) is 0.242. The highest BCUT2D eigenvalue weighted by Gasteiger charge is 2.57. The molecule has 2 heterocycles. The van der Waals surface area contributed by atoms with Gasteiger partial charge in [-0.3, -0.25) is 4.79 Å². The van der Waals surface area contributed by atoms with E-state index in [2.05, 4.69) is 10.0 Å². The lowest BCUT2D eigenvalue weighted by Gasteiger charge is -2.37. The number of β-lactam (4-membered cyclic amide) rings is 1. The molecule has 0 aromatic carbocycles. The summed E-state index contributed by atoms with van der Waals surface area (Å²) in [5.41, 5.74) is 8.10. The zero-order valence-electron chi connectivity index (χ0n) is 6.49. The number of rotatable bonds is 1. The van der Waals surface area contributed by atoms with Crippen LogP contribution < -0.4 is 0 Å². The maximum absolute atomic E-state index is 11.3. The van der Waals surface area contributed by atoms with Gasteiger partial charge in [-0.2, -0.15) is 0 Å². The van der Waals surface area contributed by atoms with Crippen LogP contribution in [-0.2, 0) is 14.6 Å². The van der Waals surface area contributed by atoms with Crippen molar-refractivity contribution in [3.05, 3.63) is 10.4 Å². The Morgan fingerprint density at radius 2 is 2.31 bits per heavy atom. The van der Waals surface area contributed by atoms with Gasteiger partial charge in [0.1, 0.15) is 0 Å². The lowest BCUT2D eigenvalue weighted by molar-refractivity contribution is -0.143. The lowest BCUT2D eigenvalue weighted by atomic mass is 10.1. The smallest absolute Gasteiger partial charge is 0.235 e. The van der Waals surface area contributed by atoms with Gasteiger partial charge in [-0.15, -0.1) is 0 Å². The minimum atomic E-state index is -3.25. The minimum Gasteiger partial charge on any atom is -0.323 e. The fraction of sp³-hybridized carbons (Fsp3) is 0.800. The van der Waals surface area contributed by atoms with Crippen LogP contribution in [0.3, 0.4) is 0 Å². The Balaban J connectivity index is 2.36. The summed E-state index contributed by atoms with van der Waals surface area (Å²) >= 11 is 0. The molecule has 2 fully saturated rings. The SMILES string of the molecule is [N-]=[N+]=NC1C(=O)N2CCS(=O)(=O)[C@@H]12. The van der Waals surface area contributed by atoms with Crippen molar-refractivity contribution in [3.63, 3.8) is 0 Å². The summed E-state index contributed by atoms with van der Waals surface area (Å²) in [4.78, 5) is 14.8. The van der Waals surface area contributed by atoms with E-state index < -0.39 is 21.3 Å². The van der Waals surface area contributed by atoms with Gasteiger partial charge in [-0.25, -0.2) is 8.42 Å². The Morgan fingerprint density at radius 3 is 2.92 bits per heavy atom. The summed E-state index contributed by atoms with van der Waals surface area (Å²) in [5.74, 6) is -0.412. The Kier molecular flexibility index (Phi) is 1.52. The normalized spacial score (nSPS) is 34.8. The summed E-state index contributed by atoms with van der Waals surface area (Å²) in [6.07, 6.45) is 0. The first-order chi connectivity index (χ1) is 6.08. The topological polar surface area (TPSA) is 103 Å². The van der Waals surface area contributed by atoms with E-state index in [4.69, 9.17) is 5.53 Å². The summed E-state index contributed by atoms with van der Waals surface area (Å²) < 4.78 is 22.6. The van der Waals surface area contributed by atoms with Crippen molar-refractivity contribution in [2.45, 2.75) is 11.4 Å². The first-order valence-electron chi connectivity index (χ1n) is 3.64. The molecule has 0 aromatic heterocycles. The third-order valence-electron chi connectivity index (χ3n) is 2.27. The van der Waals surface area contributed by atoms with Crippen molar-refractivity contribution in [2.75, 3.05) is 12.3 Å². The van der Waals surface area contributed by atoms with Gasteiger partial charge in [0.15, 0.2) is 21.3 Å².